The maximum Gasteiger partial charge on any atom is 0.233 e. The molecule has 0 bridgehead atoms. The molecule has 0 spiro atoms. The Morgan fingerprint density at radius 2 is 2.12 bits per heavy atom. The zero-order valence-electron chi connectivity index (χ0n) is 9.72. The van der Waals surface area contributed by atoms with E-state index >= 15 is 0 Å². The molecule has 1 aromatic rings. The second kappa shape index (κ2) is 4.57. The van der Waals surface area contributed by atoms with E-state index in [4.69, 9.17) is 0 Å². The predicted octanol–water partition coefficient (Wildman–Crippen LogP) is 1.44. The molecule has 1 aliphatic heterocycles. The van der Waals surface area contributed by atoms with Gasteiger partial charge < -0.3 is 10.0 Å². The second-order valence-corrected chi connectivity index (χ2v) is 4.34. The smallest absolute Gasteiger partial charge is 0.233 e. The van der Waals surface area contributed by atoms with Gasteiger partial charge in [0.25, 0.3) is 0 Å². The Hall–Kier alpha value is -1.84. The standard InChI is InChI=1S/C13H15NO3/c1-14-8-4-6-10(13(14)17)12(16)9-5-2-3-7-11(9)15/h2-3,5,7,10,15H,4,6,8H2,1H3. The predicted molar refractivity (Wildman–Crippen MR) is 62.8 cm³/mol. The minimum Gasteiger partial charge on any atom is -0.507 e. The number of amides is 1. The van der Waals surface area contributed by atoms with Crippen LogP contribution in [0.1, 0.15) is 23.2 Å². The number of hydrogen-bond acceptors (Lipinski definition) is 3. The van der Waals surface area contributed by atoms with Crippen LogP contribution in [0.2, 0.25) is 0 Å². The Bertz CT molecular complexity index is 456. The van der Waals surface area contributed by atoms with Crippen LogP contribution in [0.15, 0.2) is 24.3 Å². The normalized spacial score (nSPS) is 20.4. The van der Waals surface area contributed by atoms with Crippen LogP contribution in [-0.2, 0) is 4.79 Å². The lowest BCUT2D eigenvalue weighted by atomic mass is 9.89. The van der Waals surface area contributed by atoms with E-state index in [1.807, 2.05) is 0 Å². The van der Waals surface area contributed by atoms with Crippen molar-refractivity contribution in [2.75, 3.05) is 13.6 Å². The molecule has 2 rings (SSSR count). The van der Waals surface area contributed by atoms with E-state index < -0.39 is 5.92 Å². The van der Waals surface area contributed by atoms with Crippen LogP contribution in [-0.4, -0.2) is 35.3 Å². The Kier molecular flexibility index (Phi) is 3.13. The van der Waals surface area contributed by atoms with Gasteiger partial charge in [-0.15, -0.1) is 0 Å². The summed E-state index contributed by atoms with van der Waals surface area (Å²) in [5, 5.41) is 9.62. The first kappa shape index (κ1) is 11.6. The van der Waals surface area contributed by atoms with Crippen molar-refractivity contribution in [2.45, 2.75) is 12.8 Å². The highest BCUT2D eigenvalue weighted by atomic mass is 16.3. The molecular weight excluding hydrogens is 218 g/mol. The van der Waals surface area contributed by atoms with Gasteiger partial charge in [0.05, 0.1) is 5.56 Å². The van der Waals surface area contributed by atoms with Crippen molar-refractivity contribution in [2.24, 2.45) is 5.92 Å². The van der Waals surface area contributed by atoms with Gasteiger partial charge in [0, 0.05) is 13.6 Å². The number of carbonyl (C=O) groups excluding carboxylic acids is 2. The van der Waals surface area contributed by atoms with Gasteiger partial charge in [0.1, 0.15) is 11.7 Å². The maximum absolute atomic E-state index is 12.2. The van der Waals surface area contributed by atoms with Crippen LogP contribution in [0.25, 0.3) is 0 Å². The third kappa shape index (κ3) is 2.16. The van der Waals surface area contributed by atoms with Crippen LogP contribution in [0.4, 0.5) is 0 Å². The summed E-state index contributed by atoms with van der Waals surface area (Å²) in [7, 11) is 1.70. The molecule has 1 unspecified atom stereocenters. The topological polar surface area (TPSA) is 57.6 Å². The summed E-state index contributed by atoms with van der Waals surface area (Å²) in [5.74, 6) is -1.12. The molecular formula is C13H15NO3. The van der Waals surface area contributed by atoms with Gasteiger partial charge in [0.2, 0.25) is 5.91 Å². The van der Waals surface area contributed by atoms with Gasteiger partial charge in [-0.3, -0.25) is 9.59 Å². The molecule has 90 valence electrons. The SMILES string of the molecule is CN1CCCC(C(=O)c2ccccc2O)C1=O. The first-order chi connectivity index (χ1) is 8.11. The first-order valence-corrected chi connectivity index (χ1v) is 5.68. The van der Waals surface area contributed by atoms with E-state index in [-0.39, 0.29) is 23.0 Å². The van der Waals surface area contributed by atoms with Crippen LogP contribution in [0, 0.1) is 5.92 Å². The number of likely N-dealkylation sites (tertiary alicyclic amines) is 1. The molecule has 1 aliphatic rings. The van der Waals surface area contributed by atoms with Gasteiger partial charge in [-0.05, 0) is 25.0 Å². The molecule has 1 fully saturated rings. The summed E-state index contributed by atoms with van der Waals surface area (Å²) in [6.07, 6.45) is 1.39. The van der Waals surface area contributed by atoms with Crippen molar-refractivity contribution in [3.8, 4) is 5.75 Å². The molecule has 4 heteroatoms. The van der Waals surface area contributed by atoms with Crippen LogP contribution < -0.4 is 0 Å². The lowest BCUT2D eigenvalue weighted by Gasteiger charge is -2.28. The number of phenolic OH excluding ortho intramolecular Hbond substituents is 1. The Morgan fingerprint density at radius 1 is 1.41 bits per heavy atom. The van der Waals surface area contributed by atoms with Crippen molar-refractivity contribution in [1.82, 2.24) is 4.90 Å². The molecule has 0 aromatic heterocycles. The largest absolute Gasteiger partial charge is 0.507 e. The summed E-state index contributed by atoms with van der Waals surface area (Å²) >= 11 is 0. The number of aromatic hydroxyl groups is 1. The van der Waals surface area contributed by atoms with Gasteiger partial charge in [0.15, 0.2) is 5.78 Å². The number of ketones is 1. The zero-order valence-corrected chi connectivity index (χ0v) is 9.72. The molecule has 1 amide bonds. The molecule has 1 aromatic carbocycles. The zero-order chi connectivity index (χ0) is 12.4. The molecule has 1 N–H and O–H groups in total. The van der Waals surface area contributed by atoms with Crippen LogP contribution in [0.5, 0.6) is 5.75 Å². The third-order valence-electron chi connectivity index (χ3n) is 3.15. The van der Waals surface area contributed by atoms with Crippen molar-refractivity contribution in [1.29, 1.82) is 0 Å². The summed E-state index contributed by atoms with van der Waals surface area (Å²) in [6.45, 7) is 0.698. The fraction of sp³-hybridized carbons (Fsp3) is 0.385. The minimum absolute atomic E-state index is 0.0569. The number of rotatable bonds is 2. The fourth-order valence-corrected chi connectivity index (χ4v) is 2.15. The highest BCUT2D eigenvalue weighted by Crippen LogP contribution is 2.25. The lowest BCUT2D eigenvalue weighted by molar-refractivity contribution is -0.134. The molecule has 4 nitrogen and oxygen atoms in total. The van der Waals surface area contributed by atoms with Gasteiger partial charge in [-0.25, -0.2) is 0 Å². The average Bonchev–Trinajstić information content (AvgIpc) is 2.32. The number of hydrogen-bond donors (Lipinski definition) is 1. The highest BCUT2D eigenvalue weighted by Gasteiger charge is 2.33. The minimum atomic E-state index is -0.637. The Labute approximate surface area is 99.9 Å². The van der Waals surface area contributed by atoms with Crippen molar-refractivity contribution >= 4 is 11.7 Å². The molecule has 0 radical (unpaired) electrons. The number of carbonyl (C=O) groups is 2. The summed E-state index contributed by atoms with van der Waals surface area (Å²) in [5.41, 5.74) is 0.237. The summed E-state index contributed by atoms with van der Waals surface area (Å²) in [6, 6.07) is 6.36. The van der Waals surface area contributed by atoms with Crippen LogP contribution >= 0.6 is 0 Å². The number of piperidine rings is 1. The van der Waals surface area contributed by atoms with E-state index in [1.54, 1.807) is 30.1 Å². The monoisotopic (exact) mass is 233 g/mol. The number of benzene rings is 1. The molecule has 0 aliphatic carbocycles. The maximum atomic E-state index is 12.2. The number of nitrogens with zero attached hydrogens (tertiary/aromatic N) is 1. The van der Waals surface area contributed by atoms with Gasteiger partial charge >= 0.3 is 0 Å². The number of Topliss-reactive ketones (excluding diaryl/α,β-unsaturated/α-hetero) is 1. The highest BCUT2D eigenvalue weighted by molar-refractivity contribution is 6.11. The van der Waals surface area contributed by atoms with Crippen molar-refractivity contribution < 1.29 is 14.7 Å². The summed E-state index contributed by atoms with van der Waals surface area (Å²) < 4.78 is 0. The Morgan fingerprint density at radius 3 is 2.82 bits per heavy atom. The second-order valence-electron chi connectivity index (χ2n) is 4.34. The number of para-hydroxylation sites is 1. The molecule has 1 heterocycles. The molecule has 0 saturated carbocycles. The first-order valence-electron chi connectivity index (χ1n) is 5.68. The van der Waals surface area contributed by atoms with Crippen molar-refractivity contribution in [3.63, 3.8) is 0 Å². The van der Waals surface area contributed by atoms with E-state index in [2.05, 4.69) is 0 Å². The number of phenols is 1. The quantitative estimate of drug-likeness (QED) is 0.621. The van der Waals surface area contributed by atoms with E-state index in [0.29, 0.717) is 13.0 Å². The lowest BCUT2D eigenvalue weighted by Crippen LogP contribution is -2.41. The molecule has 17 heavy (non-hydrogen) atoms. The van der Waals surface area contributed by atoms with Gasteiger partial charge in [-0.1, -0.05) is 12.1 Å². The average molecular weight is 233 g/mol. The van der Waals surface area contributed by atoms with E-state index in [9.17, 15) is 14.7 Å². The molecule has 1 atom stereocenters. The fourth-order valence-electron chi connectivity index (χ4n) is 2.15. The van der Waals surface area contributed by atoms with E-state index in [0.717, 1.165) is 6.42 Å². The van der Waals surface area contributed by atoms with E-state index in [1.165, 1.54) is 6.07 Å². The third-order valence-corrected chi connectivity index (χ3v) is 3.15. The summed E-state index contributed by atoms with van der Waals surface area (Å²) in [4.78, 5) is 25.6. The van der Waals surface area contributed by atoms with Crippen LogP contribution in [0.3, 0.4) is 0 Å². The van der Waals surface area contributed by atoms with Crippen molar-refractivity contribution in [3.05, 3.63) is 29.8 Å². The Balaban J connectivity index is 2.26. The van der Waals surface area contributed by atoms with Gasteiger partial charge in [-0.2, -0.15) is 0 Å². The molecule has 1 saturated heterocycles.